The molecule has 0 spiro atoms. The molecule has 4 aromatic rings. The van der Waals surface area contributed by atoms with Crippen LogP contribution in [0.25, 0.3) is 22.2 Å². The fourth-order valence-corrected chi connectivity index (χ4v) is 5.56. The summed E-state index contributed by atoms with van der Waals surface area (Å²) < 4.78 is 0. The summed E-state index contributed by atoms with van der Waals surface area (Å²) in [4.78, 5) is 33.3. The number of anilines is 1. The van der Waals surface area contributed by atoms with Crippen LogP contribution in [0.5, 0.6) is 0 Å². The first kappa shape index (κ1) is 27.6. The van der Waals surface area contributed by atoms with Crippen LogP contribution in [0.1, 0.15) is 54.7 Å². The molecule has 1 amide bonds. The molecular weight excluding hydrogens is 498 g/mol. The minimum absolute atomic E-state index is 0.112. The molecular formula is C32H39N7O. The molecule has 0 saturated carbocycles. The zero-order valence-electron chi connectivity index (χ0n) is 23.9. The predicted molar refractivity (Wildman–Crippen MR) is 160 cm³/mol. The third-order valence-electron chi connectivity index (χ3n) is 8.46. The lowest BCUT2D eigenvalue weighted by Crippen LogP contribution is -2.31. The molecule has 208 valence electrons. The number of amides is 1. The van der Waals surface area contributed by atoms with Gasteiger partial charge in [-0.25, -0.2) is 9.97 Å². The van der Waals surface area contributed by atoms with Crippen molar-refractivity contribution in [3.8, 4) is 11.3 Å². The van der Waals surface area contributed by atoms with Crippen LogP contribution < -0.4 is 10.6 Å². The van der Waals surface area contributed by atoms with Crippen molar-refractivity contribution < 1.29 is 4.79 Å². The van der Waals surface area contributed by atoms with E-state index < -0.39 is 0 Å². The van der Waals surface area contributed by atoms with Gasteiger partial charge < -0.3 is 15.5 Å². The lowest BCUT2D eigenvalue weighted by molar-refractivity contribution is 0.0964. The standard InChI is InChI=1S/C32H39N7O/c1-5-32(2,27-8-6-7-25-26(31(40)33-3)11-14-34-30(25)27)20-36-29-18-28(37-21-38-29)23-9-10-24(35-19-23)17-22-12-15-39(4)16-13-22/h6-11,14,18-19,21-22H,5,12-13,15-17,20H2,1-4H3,(H,33,40)(H,36,37,38)/t32-/m0/s1. The van der Waals surface area contributed by atoms with Crippen LogP contribution in [0.15, 0.2) is 61.2 Å². The Balaban J connectivity index is 1.31. The average molecular weight is 538 g/mol. The average Bonchev–Trinajstić information content (AvgIpc) is 3.00. The Labute approximate surface area is 236 Å². The lowest BCUT2D eigenvalue weighted by atomic mass is 9.78. The van der Waals surface area contributed by atoms with Crippen molar-refractivity contribution in [3.05, 3.63) is 78.0 Å². The number of benzene rings is 1. The van der Waals surface area contributed by atoms with Gasteiger partial charge in [-0.15, -0.1) is 0 Å². The van der Waals surface area contributed by atoms with Crippen LogP contribution in [0, 0.1) is 5.92 Å². The van der Waals surface area contributed by atoms with E-state index in [1.807, 2.05) is 24.4 Å². The van der Waals surface area contributed by atoms with E-state index >= 15 is 0 Å². The maximum Gasteiger partial charge on any atom is 0.251 e. The van der Waals surface area contributed by atoms with E-state index in [2.05, 4.69) is 69.6 Å². The molecule has 8 nitrogen and oxygen atoms in total. The van der Waals surface area contributed by atoms with Crippen molar-refractivity contribution in [3.63, 3.8) is 0 Å². The highest BCUT2D eigenvalue weighted by Crippen LogP contribution is 2.34. The maximum absolute atomic E-state index is 12.5. The Morgan fingerprint density at radius 3 is 2.62 bits per heavy atom. The highest BCUT2D eigenvalue weighted by Gasteiger charge is 2.28. The van der Waals surface area contributed by atoms with Crippen molar-refractivity contribution in [2.75, 3.05) is 39.0 Å². The largest absolute Gasteiger partial charge is 0.369 e. The molecule has 0 unspecified atom stereocenters. The Kier molecular flexibility index (Phi) is 8.35. The molecule has 1 fully saturated rings. The quantitative estimate of drug-likeness (QED) is 0.306. The fourth-order valence-electron chi connectivity index (χ4n) is 5.56. The van der Waals surface area contributed by atoms with Gasteiger partial charge >= 0.3 is 0 Å². The summed E-state index contributed by atoms with van der Waals surface area (Å²) in [6, 6.07) is 14.1. The number of carbonyl (C=O) groups excluding carboxylic acids is 1. The topological polar surface area (TPSA) is 95.9 Å². The zero-order valence-corrected chi connectivity index (χ0v) is 23.9. The second kappa shape index (κ2) is 12.1. The van der Waals surface area contributed by atoms with Crippen LogP contribution in [0.2, 0.25) is 0 Å². The van der Waals surface area contributed by atoms with Gasteiger partial charge in [0.25, 0.3) is 5.91 Å². The Bertz CT molecular complexity index is 1460. The fraction of sp³-hybridized carbons (Fsp3) is 0.406. The van der Waals surface area contributed by atoms with Crippen LogP contribution in [0.3, 0.4) is 0 Å². The highest BCUT2D eigenvalue weighted by atomic mass is 16.1. The van der Waals surface area contributed by atoms with E-state index in [9.17, 15) is 4.79 Å². The molecule has 2 N–H and O–H groups in total. The number of pyridine rings is 2. The molecule has 0 bridgehead atoms. The van der Waals surface area contributed by atoms with Crippen molar-refractivity contribution in [1.29, 1.82) is 0 Å². The second-order valence-corrected chi connectivity index (χ2v) is 11.2. The minimum atomic E-state index is -0.240. The van der Waals surface area contributed by atoms with Gasteiger partial charge in [0.15, 0.2) is 0 Å². The Morgan fingerprint density at radius 1 is 1.07 bits per heavy atom. The SMILES string of the molecule is CC[C@@](C)(CNc1cc(-c2ccc(CC3CCN(C)CC3)nc2)ncn1)c1cccc2c(C(=O)NC)ccnc12. The first-order chi connectivity index (χ1) is 19.4. The molecule has 0 aliphatic carbocycles. The number of nitrogens with zero attached hydrogens (tertiary/aromatic N) is 5. The van der Waals surface area contributed by atoms with Crippen LogP contribution >= 0.6 is 0 Å². The summed E-state index contributed by atoms with van der Waals surface area (Å²) in [6.45, 7) is 7.39. The van der Waals surface area contributed by atoms with Gasteiger partial charge in [-0.1, -0.05) is 32.0 Å². The number of piperidine rings is 1. The number of para-hydroxylation sites is 1. The van der Waals surface area contributed by atoms with Gasteiger partial charge in [-0.3, -0.25) is 14.8 Å². The summed E-state index contributed by atoms with van der Waals surface area (Å²) in [5.74, 6) is 1.36. The molecule has 1 aromatic carbocycles. The molecule has 8 heteroatoms. The number of carbonyl (C=O) groups is 1. The molecule has 1 aliphatic heterocycles. The van der Waals surface area contributed by atoms with Crippen LogP contribution in [-0.2, 0) is 11.8 Å². The summed E-state index contributed by atoms with van der Waals surface area (Å²) in [5, 5.41) is 7.14. The van der Waals surface area contributed by atoms with E-state index in [0.29, 0.717) is 18.0 Å². The Hall–Kier alpha value is -3.91. The summed E-state index contributed by atoms with van der Waals surface area (Å²) in [5.41, 5.74) is 5.32. The van der Waals surface area contributed by atoms with Gasteiger partial charge in [0.05, 0.1) is 16.8 Å². The predicted octanol–water partition coefficient (Wildman–Crippen LogP) is 5.11. The highest BCUT2D eigenvalue weighted by molar-refractivity contribution is 6.06. The summed E-state index contributed by atoms with van der Waals surface area (Å²) in [6.07, 6.45) is 9.63. The third kappa shape index (κ3) is 5.97. The van der Waals surface area contributed by atoms with Crippen LogP contribution in [-0.4, -0.2) is 64.5 Å². The molecule has 3 aromatic heterocycles. The maximum atomic E-state index is 12.5. The molecule has 5 rings (SSSR count). The molecule has 1 saturated heterocycles. The smallest absolute Gasteiger partial charge is 0.251 e. The third-order valence-corrected chi connectivity index (χ3v) is 8.46. The van der Waals surface area contributed by atoms with E-state index in [1.165, 1.54) is 25.9 Å². The van der Waals surface area contributed by atoms with Gasteiger partial charge in [0.1, 0.15) is 12.1 Å². The molecule has 40 heavy (non-hydrogen) atoms. The van der Waals surface area contributed by atoms with E-state index in [4.69, 9.17) is 4.98 Å². The first-order valence-corrected chi connectivity index (χ1v) is 14.2. The number of aromatic nitrogens is 4. The van der Waals surface area contributed by atoms with Gasteiger partial charge in [-0.05, 0) is 75.5 Å². The lowest BCUT2D eigenvalue weighted by Gasteiger charge is -2.30. The first-order valence-electron chi connectivity index (χ1n) is 14.2. The van der Waals surface area contributed by atoms with E-state index in [-0.39, 0.29) is 11.3 Å². The number of likely N-dealkylation sites (tertiary alicyclic amines) is 1. The van der Waals surface area contributed by atoms with Crippen molar-refractivity contribution in [1.82, 2.24) is 30.2 Å². The molecule has 1 aliphatic rings. The van der Waals surface area contributed by atoms with Crippen molar-refractivity contribution >= 4 is 22.6 Å². The van der Waals surface area contributed by atoms with Crippen molar-refractivity contribution in [2.45, 2.75) is 44.9 Å². The monoisotopic (exact) mass is 537 g/mol. The van der Waals surface area contributed by atoms with Crippen LogP contribution in [0.4, 0.5) is 5.82 Å². The Morgan fingerprint density at radius 2 is 1.90 bits per heavy atom. The molecule has 4 heterocycles. The van der Waals surface area contributed by atoms with Gasteiger partial charge in [0, 0.05) is 54.1 Å². The number of hydrogen-bond donors (Lipinski definition) is 2. The summed E-state index contributed by atoms with van der Waals surface area (Å²) >= 11 is 0. The number of rotatable bonds is 9. The number of hydrogen-bond acceptors (Lipinski definition) is 7. The minimum Gasteiger partial charge on any atom is -0.369 e. The van der Waals surface area contributed by atoms with E-state index in [0.717, 1.165) is 52.1 Å². The molecule has 0 radical (unpaired) electrons. The number of nitrogens with one attached hydrogen (secondary N) is 2. The second-order valence-electron chi connectivity index (χ2n) is 11.2. The number of fused-ring (bicyclic) bond motifs is 1. The zero-order chi connectivity index (χ0) is 28.1. The molecule has 1 atom stereocenters. The summed E-state index contributed by atoms with van der Waals surface area (Å²) in [7, 11) is 3.84. The normalized spacial score (nSPS) is 16.0. The van der Waals surface area contributed by atoms with Gasteiger partial charge in [0.2, 0.25) is 0 Å². The van der Waals surface area contributed by atoms with Crippen molar-refractivity contribution in [2.24, 2.45) is 5.92 Å². The van der Waals surface area contributed by atoms with Gasteiger partial charge in [-0.2, -0.15) is 0 Å². The van der Waals surface area contributed by atoms with E-state index in [1.54, 1.807) is 25.6 Å².